The van der Waals surface area contributed by atoms with E-state index in [4.69, 9.17) is 4.84 Å². The SMILES string of the molecule is CCCCON(C(=O)OC)c1ccccc1. The molecule has 4 nitrogen and oxygen atoms in total. The third kappa shape index (κ3) is 3.55. The van der Waals surface area contributed by atoms with Gasteiger partial charge >= 0.3 is 6.09 Å². The van der Waals surface area contributed by atoms with Crippen molar-refractivity contribution in [2.75, 3.05) is 18.8 Å². The normalized spacial score (nSPS) is 9.88. The molecule has 0 saturated carbocycles. The van der Waals surface area contributed by atoms with Crippen LogP contribution in [-0.2, 0) is 9.57 Å². The average molecular weight is 223 g/mol. The standard InChI is InChI=1S/C12H17NO3/c1-3-4-10-16-13(12(14)15-2)11-8-6-5-7-9-11/h5-9H,3-4,10H2,1-2H3. The van der Waals surface area contributed by atoms with Gasteiger partial charge in [0.2, 0.25) is 0 Å². The first-order valence-electron chi connectivity index (χ1n) is 5.35. The fraction of sp³-hybridized carbons (Fsp3) is 0.417. The number of anilines is 1. The Morgan fingerprint density at radius 3 is 2.56 bits per heavy atom. The van der Waals surface area contributed by atoms with Gasteiger partial charge in [0, 0.05) is 0 Å². The summed E-state index contributed by atoms with van der Waals surface area (Å²) in [5, 5.41) is 1.18. The number of para-hydroxylation sites is 1. The molecule has 1 aromatic carbocycles. The lowest BCUT2D eigenvalue weighted by Gasteiger charge is -2.20. The molecule has 0 radical (unpaired) electrons. The Hall–Kier alpha value is -1.55. The van der Waals surface area contributed by atoms with Crippen molar-refractivity contribution in [3.05, 3.63) is 30.3 Å². The van der Waals surface area contributed by atoms with Crippen LogP contribution in [-0.4, -0.2) is 19.8 Å². The minimum Gasteiger partial charge on any atom is -0.451 e. The number of carbonyl (C=O) groups excluding carboxylic acids is 1. The Bertz CT molecular complexity index is 313. The predicted molar refractivity (Wildman–Crippen MR) is 62.2 cm³/mol. The average Bonchev–Trinajstić information content (AvgIpc) is 2.35. The molecule has 0 N–H and O–H groups in total. The molecule has 0 bridgehead atoms. The number of unbranched alkanes of at least 4 members (excludes halogenated alkanes) is 1. The van der Waals surface area contributed by atoms with E-state index in [2.05, 4.69) is 11.7 Å². The quantitative estimate of drug-likeness (QED) is 0.569. The summed E-state index contributed by atoms with van der Waals surface area (Å²) in [5.41, 5.74) is 0.672. The van der Waals surface area contributed by atoms with Gasteiger partial charge in [0.1, 0.15) is 0 Å². The zero-order valence-electron chi connectivity index (χ0n) is 9.68. The van der Waals surface area contributed by atoms with Crippen LogP contribution in [0, 0.1) is 0 Å². The highest BCUT2D eigenvalue weighted by atomic mass is 16.7. The Morgan fingerprint density at radius 2 is 2.00 bits per heavy atom. The lowest BCUT2D eigenvalue weighted by molar-refractivity contribution is 0.0838. The number of methoxy groups -OCH3 is 1. The molecule has 0 unspecified atom stereocenters. The zero-order chi connectivity index (χ0) is 11.8. The Labute approximate surface area is 95.7 Å². The van der Waals surface area contributed by atoms with Crippen LogP contribution in [0.4, 0.5) is 10.5 Å². The van der Waals surface area contributed by atoms with Crippen LogP contribution in [0.5, 0.6) is 0 Å². The fourth-order valence-electron chi connectivity index (χ4n) is 1.18. The molecule has 1 rings (SSSR count). The number of hydrogen-bond donors (Lipinski definition) is 0. The van der Waals surface area contributed by atoms with Crippen LogP contribution < -0.4 is 5.06 Å². The molecule has 4 heteroatoms. The lowest BCUT2D eigenvalue weighted by atomic mass is 10.3. The number of nitrogens with zero attached hydrogens (tertiary/aromatic N) is 1. The van der Waals surface area contributed by atoms with Crippen LogP contribution in [0.2, 0.25) is 0 Å². The van der Waals surface area contributed by atoms with E-state index in [0.717, 1.165) is 12.8 Å². The third-order valence-electron chi connectivity index (χ3n) is 2.05. The second-order valence-electron chi connectivity index (χ2n) is 3.29. The summed E-state index contributed by atoms with van der Waals surface area (Å²) < 4.78 is 4.66. The van der Waals surface area contributed by atoms with Crippen molar-refractivity contribution >= 4 is 11.8 Å². The van der Waals surface area contributed by atoms with Gasteiger partial charge in [0.05, 0.1) is 19.4 Å². The summed E-state index contributed by atoms with van der Waals surface area (Å²) in [7, 11) is 1.33. The van der Waals surface area contributed by atoms with Crippen LogP contribution in [0.15, 0.2) is 30.3 Å². The maximum Gasteiger partial charge on any atom is 0.438 e. The second-order valence-corrected chi connectivity index (χ2v) is 3.29. The second kappa shape index (κ2) is 6.85. The van der Waals surface area contributed by atoms with Crippen molar-refractivity contribution in [1.82, 2.24) is 0 Å². The molecule has 0 saturated heterocycles. The van der Waals surface area contributed by atoms with E-state index in [1.807, 2.05) is 18.2 Å². The van der Waals surface area contributed by atoms with Crippen molar-refractivity contribution in [3.63, 3.8) is 0 Å². The third-order valence-corrected chi connectivity index (χ3v) is 2.05. The molecule has 0 atom stereocenters. The summed E-state index contributed by atoms with van der Waals surface area (Å²) in [4.78, 5) is 16.9. The van der Waals surface area contributed by atoms with Gasteiger partial charge in [-0.05, 0) is 18.6 Å². The van der Waals surface area contributed by atoms with Crippen molar-refractivity contribution in [2.45, 2.75) is 19.8 Å². The maximum atomic E-state index is 11.5. The van der Waals surface area contributed by atoms with Gasteiger partial charge in [-0.3, -0.25) is 4.84 Å². The fourth-order valence-corrected chi connectivity index (χ4v) is 1.18. The highest BCUT2D eigenvalue weighted by Gasteiger charge is 2.16. The molecule has 0 aromatic heterocycles. The minimum atomic E-state index is -0.512. The number of hydroxylamine groups is 1. The molecule has 88 valence electrons. The first kappa shape index (κ1) is 12.5. The molecule has 16 heavy (non-hydrogen) atoms. The molecule has 0 fully saturated rings. The molecular weight excluding hydrogens is 206 g/mol. The Kier molecular flexibility index (Phi) is 5.36. The summed E-state index contributed by atoms with van der Waals surface area (Å²) in [6.45, 7) is 2.56. The predicted octanol–water partition coefficient (Wildman–Crippen LogP) is 2.99. The van der Waals surface area contributed by atoms with Crippen molar-refractivity contribution in [2.24, 2.45) is 0 Å². The van der Waals surface area contributed by atoms with Gasteiger partial charge in [0.25, 0.3) is 0 Å². The smallest absolute Gasteiger partial charge is 0.438 e. The van der Waals surface area contributed by atoms with Gasteiger partial charge in [-0.25, -0.2) is 4.79 Å². The highest BCUT2D eigenvalue weighted by molar-refractivity contribution is 5.85. The van der Waals surface area contributed by atoms with Crippen LogP contribution in [0.25, 0.3) is 0 Å². The van der Waals surface area contributed by atoms with Gasteiger partial charge in [-0.15, -0.1) is 0 Å². The number of rotatable bonds is 5. The largest absolute Gasteiger partial charge is 0.451 e. The van der Waals surface area contributed by atoms with Gasteiger partial charge in [-0.1, -0.05) is 31.5 Å². The van der Waals surface area contributed by atoms with E-state index >= 15 is 0 Å². The van der Waals surface area contributed by atoms with Crippen LogP contribution >= 0.6 is 0 Å². The first-order valence-corrected chi connectivity index (χ1v) is 5.35. The van der Waals surface area contributed by atoms with Gasteiger partial charge in [0.15, 0.2) is 0 Å². The van der Waals surface area contributed by atoms with E-state index in [0.29, 0.717) is 12.3 Å². The van der Waals surface area contributed by atoms with Crippen LogP contribution in [0.1, 0.15) is 19.8 Å². The van der Waals surface area contributed by atoms with Crippen molar-refractivity contribution in [3.8, 4) is 0 Å². The first-order chi connectivity index (χ1) is 7.79. The maximum absolute atomic E-state index is 11.5. The summed E-state index contributed by atoms with van der Waals surface area (Å²) in [6, 6.07) is 9.15. The highest BCUT2D eigenvalue weighted by Crippen LogP contribution is 2.15. The summed E-state index contributed by atoms with van der Waals surface area (Å²) >= 11 is 0. The topological polar surface area (TPSA) is 38.8 Å². The van der Waals surface area contributed by atoms with Crippen molar-refractivity contribution in [1.29, 1.82) is 0 Å². The van der Waals surface area contributed by atoms with Gasteiger partial charge in [-0.2, -0.15) is 5.06 Å². The molecular formula is C12H17NO3. The van der Waals surface area contributed by atoms with E-state index in [1.54, 1.807) is 12.1 Å². The van der Waals surface area contributed by atoms with E-state index < -0.39 is 6.09 Å². The zero-order valence-corrected chi connectivity index (χ0v) is 9.68. The van der Waals surface area contributed by atoms with E-state index in [-0.39, 0.29) is 0 Å². The molecule has 1 amide bonds. The lowest BCUT2D eigenvalue weighted by Crippen LogP contribution is -2.31. The summed E-state index contributed by atoms with van der Waals surface area (Å²) in [6.07, 6.45) is 1.41. The number of hydrogen-bond acceptors (Lipinski definition) is 3. The van der Waals surface area contributed by atoms with Gasteiger partial charge < -0.3 is 4.74 Å². The number of ether oxygens (including phenoxy) is 1. The monoisotopic (exact) mass is 223 g/mol. The van der Waals surface area contributed by atoms with E-state index in [1.165, 1.54) is 12.2 Å². The molecule has 0 aliphatic rings. The number of carbonyl (C=O) groups is 1. The number of amides is 1. The molecule has 0 aliphatic carbocycles. The van der Waals surface area contributed by atoms with E-state index in [9.17, 15) is 4.79 Å². The Morgan fingerprint density at radius 1 is 1.31 bits per heavy atom. The Balaban J connectivity index is 2.68. The van der Waals surface area contributed by atoms with Crippen LogP contribution in [0.3, 0.4) is 0 Å². The number of benzene rings is 1. The molecule has 0 spiro atoms. The summed E-state index contributed by atoms with van der Waals surface area (Å²) in [5.74, 6) is 0. The molecule has 0 aliphatic heterocycles. The minimum absolute atomic E-state index is 0.500. The van der Waals surface area contributed by atoms with Crippen molar-refractivity contribution < 1.29 is 14.4 Å². The molecule has 0 heterocycles. The molecule has 1 aromatic rings.